The zero-order chi connectivity index (χ0) is 14.0. The van der Waals surface area contributed by atoms with E-state index >= 15 is 0 Å². The number of carbonyl (C=O) groups excluding carboxylic acids is 1. The number of hydrogen-bond acceptors (Lipinski definition) is 5. The van der Waals surface area contributed by atoms with Gasteiger partial charge in [0.25, 0.3) is 0 Å². The van der Waals surface area contributed by atoms with E-state index in [2.05, 4.69) is 20.9 Å². The minimum absolute atomic E-state index is 0.136. The third-order valence-electron chi connectivity index (χ3n) is 3.23. The number of aliphatic hydroxyl groups excluding tert-OH is 1. The highest BCUT2D eigenvalue weighted by atomic mass is 79.9. The summed E-state index contributed by atoms with van der Waals surface area (Å²) in [5.41, 5.74) is 6.07. The zero-order valence-electron chi connectivity index (χ0n) is 10.5. The molecule has 0 spiro atoms. The predicted molar refractivity (Wildman–Crippen MR) is 74.0 cm³/mol. The van der Waals surface area contributed by atoms with Crippen LogP contribution in [0.15, 0.2) is 16.7 Å². The standard InChI is InChI=1S/C12H16BrN3O3/c1-19-12-3-9(8(13)4-15-12)16-5-7(2-11(14)18)10(17)6-16/h3-4,7,10,17H,2,5-6H2,1H3,(H2,14,18)/t7-,10-/m1/s1. The van der Waals surface area contributed by atoms with Gasteiger partial charge in [-0.25, -0.2) is 4.98 Å². The van der Waals surface area contributed by atoms with Crippen LogP contribution in [0.5, 0.6) is 5.88 Å². The zero-order valence-corrected chi connectivity index (χ0v) is 12.1. The molecule has 0 saturated carbocycles. The van der Waals surface area contributed by atoms with Crippen LogP contribution in [-0.4, -0.2) is 42.3 Å². The monoisotopic (exact) mass is 329 g/mol. The van der Waals surface area contributed by atoms with E-state index in [9.17, 15) is 9.90 Å². The summed E-state index contributed by atoms with van der Waals surface area (Å²) in [5, 5.41) is 9.98. The Morgan fingerprint density at radius 1 is 1.68 bits per heavy atom. The van der Waals surface area contributed by atoms with E-state index in [-0.39, 0.29) is 12.3 Å². The number of β-amino-alcohol motifs (C(OH)–C–C–N with tert-alkyl or cyclic N) is 1. The van der Waals surface area contributed by atoms with Crippen molar-refractivity contribution in [3.63, 3.8) is 0 Å². The Kier molecular flexibility index (Phi) is 4.26. The van der Waals surface area contributed by atoms with Crippen molar-refractivity contribution >= 4 is 27.5 Å². The van der Waals surface area contributed by atoms with Crippen molar-refractivity contribution in [3.8, 4) is 5.88 Å². The Bertz CT molecular complexity index is 483. The van der Waals surface area contributed by atoms with E-state index in [0.29, 0.717) is 19.0 Å². The molecule has 0 aromatic carbocycles. The van der Waals surface area contributed by atoms with Gasteiger partial charge in [-0.15, -0.1) is 0 Å². The van der Waals surface area contributed by atoms with E-state index in [1.54, 1.807) is 19.4 Å². The van der Waals surface area contributed by atoms with Crippen LogP contribution in [-0.2, 0) is 4.79 Å². The highest BCUT2D eigenvalue weighted by Crippen LogP contribution is 2.33. The number of nitrogens with two attached hydrogens (primary N) is 1. The van der Waals surface area contributed by atoms with Gasteiger partial charge in [-0.3, -0.25) is 4.79 Å². The average Bonchev–Trinajstić information content (AvgIpc) is 2.70. The molecule has 6 nitrogen and oxygen atoms in total. The molecular formula is C12H16BrN3O3. The number of halogens is 1. The molecule has 1 aliphatic heterocycles. The summed E-state index contributed by atoms with van der Waals surface area (Å²) < 4.78 is 5.91. The second kappa shape index (κ2) is 5.75. The fourth-order valence-corrected chi connectivity index (χ4v) is 2.74. The number of anilines is 1. The Labute approximate surface area is 119 Å². The maximum absolute atomic E-state index is 11.0. The van der Waals surface area contributed by atoms with Gasteiger partial charge in [-0.1, -0.05) is 0 Å². The number of ether oxygens (including phenoxy) is 1. The molecule has 3 N–H and O–H groups in total. The van der Waals surface area contributed by atoms with Crippen molar-refractivity contribution in [1.29, 1.82) is 0 Å². The number of nitrogens with zero attached hydrogens (tertiary/aromatic N) is 2. The number of methoxy groups -OCH3 is 1. The van der Waals surface area contributed by atoms with Crippen LogP contribution in [0, 0.1) is 5.92 Å². The smallest absolute Gasteiger partial charge is 0.217 e. The first-order valence-electron chi connectivity index (χ1n) is 5.92. The van der Waals surface area contributed by atoms with Crippen molar-refractivity contribution < 1.29 is 14.6 Å². The quantitative estimate of drug-likeness (QED) is 0.840. The molecule has 1 saturated heterocycles. The molecule has 2 atom stereocenters. The maximum atomic E-state index is 11.0. The minimum atomic E-state index is -0.557. The Morgan fingerprint density at radius 2 is 2.42 bits per heavy atom. The Morgan fingerprint density at radius 3 is 3.05 bits per heavy atom. The number of rotatable bonds is 4. The molecule has 1 aromatic heterocycles. The number of amides is 1. The number of hydrogen-bond donors (Lipinski definition) is 2. The lowest BCUT2D eigenvalue weighted by Crippen LogP contribution is -2.24. The Balaban J connectivity index is 2.17. The van der Waals surface area contributed by atoms with Gasteiger partial charge < -0.3 is 20.5 Å². The number of aromatic nitrogens is 1. The van der Waals surface area contributed by atoms with E-state index in [4.69, 9.17) is 10.5 Å². The molecule has 19 heavy (non-hydrogen) atoms. The molecule has 2 rings (SSSR count). The highest BCUT2D eigenvalue weighted by molar-refractivity contribution is 9.10. The van der Waals surface area contributed by atoms with Crippen LogP contribution >= 0.6 is 15.9 Å². The van der Waals surface area contributed by atoms with Crippen molar-refractivity contribution in [1.82, 2.24) is 4.98 Å². The number of pyridine rings is 1. The van der Waals surface area contributed by atoms with Crippen LogP contribution in [0.25, 0.3) is 0 Å². The van der Waals surface area contributed by atoms with Crippen molar-refractivity contribution in [2.24, 2.45) is 11.7 Å². The molecule has 1 amide bonds. The lowest BCUT2D eigenvalue weighted by Gasteiger charge is -2.20. The van der Waals surface area contributed by atoms with Crippen LogP contribution in [0.4, 0.5) is 5.69 Å². The molecule has 0 bridgehead atoms. The van der Waals surface area contributed by atoms with Gasteiger partial charge in [0.15, 0.2) is 0 Å². The van der Waals surface area contributed by atoms with Gasteiger partial charge in [0, 0.05) is 37.7 Å². The molecule has 7 heteroatoms. The normalized spacial score (nSPS) is 22.6. The van der Waals surface area contributed by atoms with Crippen LogP contribution in [0.2, 0.25) is 0 Å². The molecule has 1 aromatic rings. The second-order valence-corrected chi connectivity index (χ2v) is 5.44. The molecule has 2 heterocycles. The summed E-state index contributed by atoms with van der Waals surface area (Å²) in [6.07, 6.45) is 1.29. The van der Waals surface area contributed by atoms with Crippen molar-refractivity contribution in [2.45, 2.75) is 12.5 Å². The molecule has 1 aliphatic rings. The predicted octanol–water partition coefficient (Wildman–Crippen LogP) is 0.525. The van der Waals surface area contributed by atoms with Crippen molar-refractivity contribution in [2.75, 3.05) is 25.1 Å². The third kappa shape index (κ3) is 3.16. The van der Waals surface area contributed by atoms with Gasteiger partial charge in [-0.2, -0.15) is 0 Å². The third-order valence-corrected chi connectivity index (χ3v) is 3.84. The summed E-state index contributed by atoms with van der Waals surface area (Å²) in [6, 6.07) is 1.80. The van der Waals surface area contributed by atoms with Gasteiger partial charge in [-0.05, 0) is 15.9 Å². The summed E-state index contributed by atoms with van der Waals surface area (Å²) in [6.45, 7) is 1.04. The van der Waals surface area contributed by atoms with Crippen LogP contribution in [0.1, 0.15) is 6.42 Å². The second-order valence-electron chi connectivity index (χ2n) is 4.58. The summed E-state index contributed by atoms with van der Waals surface area (Å²) in [7, 11) is 1.55. The van der Waals surface area contributed by atoms with Crippen LogP contribution in [0.3, 0.4) is 0 Å². The highest BCUT2D eigenvalue weighted by Gasteiger charge is 2.33. The van der Waals surface area contributed by atoms with E-state index in [1.807, 2.05) is 4.90 Å². The minimum Gasteiger partial charge on any atom is -0.481 e. The maximum Gasteiger partial charge on any atom is 0.217 e. The SMILES string of the molecule is COc1cc(N2C[C@@H](CC(N)=O)[C@H](O)C2)c(Br)cn1. The summed E-state index contributed by atoms with van der Waals surface area (Å²) >= 11 is 3.43. The number of primary amides is 1. The molecule has 104 valence electrons. The first kappa shape index (κ1) is 14.1. The van der Waals surface area contributed by atoms with Crippen molar-refractivity contribution in [3.05, 3.63) is 16.7 Å². The molecule has 0 radical (unpaired) electrons. The first-order chi connectivity index (χ1) is 9.01. The van der Waals surface area contributed by atoms with E-state index in [0.717, 1.165) is 10.2 Å². The summed E-state index contributed by atoms with van der Waals surface area (Å²) in [4.78, 5) is 17.0. The number of carbonyl (C=O) groups is 1. The van der Waals surface area contributed by atoms with Crippen LogP contribution < -0.4 is 15.4 Å². The van der Waals surface area contributed by atoms with Gasteiger partial charge in [0.1, 0.15) is 0 Å². The fourth-order valence-electron chi connectivity index (χ4n) is 2.27. The Hall–Kier alpha value is -1.34. The van der Waals surface area contributed by atoms with Gasteiger partial charge in [0.2, 0.25) is 11.8 Å². The fraction of sp³-hybridized carbons (Fsp3) is 0.500. The topological polar surface area (TPSA) is 88.7 Å². The molecular weight excluding hydrogens is 314 g/mol. The van der Waals surface area contributed by atoms with Gasteiger partial charge >= 0.3 is 0 Å². The summed E-state index contributed by atoms with van der Waals surface area (Å²) in [5.74, 6) is -0.0214. The lowest BCUT2D eigenvalue weighted by molar-refractivity contribution is -0.119. The van der Waals surface area contributed by atoms with E-state index in [1.165, 1.54) is 0 Å². The first-order valence-corrected chi connectivity index (χ1v) is 6.71. The van der Waals surface area contributed by atoms with E-state index < -0.39 is 12.0 Å². The lowest BCUT2D eigenvalue weighted by atomic mass is 10.0. The average molecular weight is 330 g/mol. The molecule has 0 aliphatic carbocycles. The number of aliphatic hydroxyl groups is 1. The van der Waals surface area contributed by atoms with Gasteiger partial charge in [0.05, 0.1) is 23.4 Å². The molecule has 0 unspecified atom stereocenters. The molecule has 1 fully saturated rings. The largest absolute Gasteiger partial charge is 0.481 e.